The molecule has 1 unspecified atom stereocenters. The molecule has 1 aliphatic heterocycles. The Balaban J connectivity index is 1.95. The number of nitrogens with one attached hydrogen (secondary N) is 3. The lowest BCUT2D eigenvalue weighted by molar-refractivity contribution is -0.123. The quantitative estimate of drug-likeness (QED) is 0.775. The van der Waals surface area contributed by atoms with Crippen molar-refractivity contribution in [1.29, 1.82) is 0 Å². The number of rotatable bonds is 5. The lowest BCUT2D eigenvalue weighted by Crippen LogP contribution is -2.27. The molecule has 3 N–H and O–H groups in total. The van der Waals surface area contributed by atoms with Gasteiger partial charge in [-0.15, -0.1) is 0 Å². The second kappa shape index (κ2) is 7.79. The first-order chi connectivity index (χ1) is 11.3. The Kier molecular flexibility index (Phi) is 5.99. The van der Waals surface area contributed by atoms with Crippen LogP contribution in [0.25, 0.3) is 0 Å². The van der Waals surface area contributed by atoms with Crippen LogP contribution in [0.5, 0.6) is 0 Å². The normalized spacial score (nSPS) is 17.6. The van der Waals surface area contributed by atoms with Crippen molar-refractivity contribution in [1.82, 2.24) is 5.32 Å². The number of carbonyl (C=O) groups excluding carboxylic acids is 2. The van der Waals surface area contributed by atoms with Crippen LogP contribution >= 0.6 is 0 Å². The zero-order valence-electron chi connectivity index (χ0n) is 15.2. The first-order valence-electron chi connectivity index (χ1n) is 8.68. The average molecular weight is 331 g/mol. The van der Waals surface area contributed by atoms with E-state index in [0.29, 0.717) is 18.0 Å². The molecule has 0 aliphatic carbocycles. The molecule has 1 aromatic rings. The summed E-state index contributed by atoms with van der Waals surface area (Å²) in [4.78, 5) is 24.3. The van der Waals surface area contributed by atoms with Gasteiger partial charge in [-0.2, -0.15) is 0 Å². The Morgan fingerprint density at radius 3 is 2.62 bits per heavy atom. The van der Waals surface area contributed by atoms with Crippen LogP contribution in [0.15, 0.2) is 18.2 Å². The van der Waals surface area contributed by atoms with Crippen molar-refractivity contribution in [3.05, 3.63) is 23.8 Å². The van der Waals surface area contributed by atoms with Crippen LogP contribution in [0, 0.1) is 18.3 Å². The molecule has 0 radical (unpaired) electrons. The molecule has 1 heterocycles. The second-order valence-electron chi connectivity index (χ2n) is 7.68. The third kappa shape index (κ3) is 5.34. The van der Waals surface area contributed by atoms with Crippen molar-refractivity contribution in [2.24, 2.45) is 11.3 Å². The minimum atomic E-state index is -0.455. The van der Waals surface area contributed by atoms with Gasteiger partial charge in [-0.05, 0) is 56.5 Å². The van der Waals surface area contributed by atoms with Crippen molar-refractivity contribution in [2.75, 3.05) is 23.7 Å². The highest BCUT2D eigenvalue weighted by atomic mass is 16.2. The van der Waals surface area contributed by atoms with Crippen molar-refractivity contribution in [3.63, 3.8) is 0 Å². The highest BCUT2D eigenvalue weighted by Crippen LogP contribution is 2.23. The van der Waals surface area contributed by atoms with Crippen LogP contribution in [0.3, 0.4) is 0 Å². The summed E-state index contributed by atoms with van der Waals surface area (Å²) < 4.78 is 0. The summed E-state index contributed by atoms with van der Waals surface area (Å²) in [5.41, 5.74) is 2.00. The monoisotopic (exact) mass is 331 g/mol. The lowest BCUT2D eigenvalue weighted by atomic mass is 9.95. The maximum atomic E-state index is 12.2. The number of aryl methyl sites for hydroxylation is 1. The van der Waals surface area contributed by atoms with Crippen LogP contribution in [-0.4, -0.2) is 24.9 Å². The minimum Gasteiger partial charge on any atom is -0.326 e. The first kappa shape index (κ1) is 18.5. The van der Waals surface area contributed by atoms with Gasteiger partial charge in [0.2, 0.25) is 11.8 Å². The molecule has 1 fully saturated rings. The van der Waals surface area contributed by atoms with E-state index < -0.39 is 5.41 Å². The van der Waals surface area contributed by atoms with Gasteiger partial charge < -0.3 is 16.0 Å². The molecule has 1 aliphatic rings. The maximum Gasteiger partial charge on any atom is 0.229 e. The van der Waals surface area contributed by atoms with Gasteiger partial charge >= 0.3 is 0 Å². The van der Waals surface area contributed by atoms with Crippen LogP contribution in [-0.2, 0) is 9.59 Å². The number of carbonyl (C=O) groups is 2. The van der Waals surface area contributed by atoms with Crippen LogP contribution in [0.2, 0.25) is 0 Å². The summed E-state index contributed by atoms with van der Waals surface area (Å²) in [5, 5.41) is 9.20. The van der Waals surface area contributed by atoms with Gasteiger partial charge in [-0.1, -0.05) is 26.8 Å². The number of hydrogen-bond acceptors (Lipinski definition) is 3. The van der Waals surface area contributed by atoms with E-state index in [-0.39, 0.29) is 11.8 Å². The molecule has 132 valence electrons. The molecule has 0 spiro atoms. The maximum absolute atomic E-state index is 12.2. The van der Waals surface area contributed by atoms with Gasteiger partial charge in [-0.25, -0.2) is 0 Å². The fourth-order valence-corrected chi connectivity index (χ4v) is 2.66. The Morgan fingerprint density at radius 2 is 2.00 bits per heavy atom. The van der Waals surface area contributed by atoms with E-state index >= 15 is 0 Å². The van der Waals surface area contributed by atoms with Gasteiger partial charge in [0.05, 0.1) is 0 Å². The van der Waals surface area contributed by atoms with Crippen LogP contribution in [0.1, 0.15) is 45.6 Å². The van der Waals surface area contributed by atoms with Crippen molar-refractivity contribution in [3.8, 4) is 0 Å². The van der Waals surface area contributed by atoms with Gasteiger partial charge in [0.15, 0.2) is 0 Å². The lowest BCUT2D eigenvalue weighted by Gasteiger charge is -2.18. The van der Waals surface area contributed by atoms with Crippen LogP contribution < -0.4 is 16.0 Å². The van der Waals surface area contributed by atoms with Gasteiger partial charge in [0.25, 0.3) is 0 Å². The molecule has 24 heavy (non-hydrogen) atoms. The highest BCUT2D eigenvalue weighted by molar-refractivity contribution is 5.96. The Bertz CT molecular complexity index is 599. The van der Waals surface area contributed by atoms with Crippen molar-refractivity contribution in [2.45, 2.75) is 47.0 Å². The topological polar surface area (TPSA) is 70.2 Å². The summed E-state index contributed by atoms with van der Waals surface area (Å²) in [6.45, 7) is 9.64. The van der Waals surface area contributed by atoms with E-state index in [4.69, 9.17) is 0 Å². The number of anilines is 2. The molecular formula is C19H29N3O2. The van der Waals surface area contributed by atoms with E-state index in [9.17, 15) is 9.59 Å². The molecule has 1 saturated heterocycles. The smallest absolute Gasteiger partial charge is 0.229 e. The summed E-state index contributed by atoms with van der Waals surface area (Å²) >= 11 is 0. The molecule has 5 heteroatoms. The molecule has 0 aromatic heterocycles. The van der Waals surface area contributed by atoms with E-state index in [1.54, 1.807) is 0 Å². The number of amides is 2. The van der Waals surface area contributed by atoms with E-state index in [0.717, 1.165) is 37.2 Å². The molecule has 0 bridgehead atoms. The second-order valence-corrected chi connectivity index (χ2v) is 7.68. The first-order valence-corrected chi connectivity index (χ1v) is 8.68. The highest BCUT2D eigenvalue weighted by Gasteiger charge is 2.21. The van der Waals surface area contributed by atoms with Crippen LogP contribution in [0.4, 0.5) is 11.4 Å². The molecular weight excluding hydrogens is 302 g/mol. The Hall–Kier alpha value is -1.88. The zero-order chi connectivity index (χ0) is 17.7. The SMILES string of the molecule is Cc1ccc(NC(=O)C(C)(C)C)cc1NC(=O)CCC1CCNC1. The average Bonchev–Trinajstić information content (AvgIpc) is 3.01. The molecule has 2 rings (SSSR count). The van der Waals surface area contributed by atoms with Gasteiger partial charge in [0, 0.05) is 23.2 Å². The molecule has 2 amide bonds. The van der Waals surface area contributed by atoms with E-state index in [2.05, 4.69) is 16.0 Å². The summed E-state index contributed by atoms with van der Waals surface area (Å²) in [6, 6.07) is 5.60. The van der Waals surface area contributed by atoms with Gasteiger partial charge in [-0.3, -0.25) is 9.59 Å². The third-order valence-corrected chi connectivity index (χ3v) is 4.39. The Labute approximate surface area is 144 Å². The van der Waals surface area contributed by atoms with E-state index in [1.165, 1.54) is 0 Å². The predicted molar refractivity (Wildman–Crippen MR) is 98.1 cm³/mol. The largest absolute Gasteiger partial charge is 0.326 e. The summed E-state index contributed by atoms with van der Waals surface area (Å²) in [7, 11) is 0. The van der Waals surface area contributed by atoms with Crippen molar-refractivity contribution >= 4 is 23.2 Å². The Morgan fingerprint density at radius 1 is 1.25 bits per heavy atom. The fourth-order valence-electron chi connectivity index (χ4n) is 2.66. The molecule has 0 saturated carbocycles. The molecule has 1 aromatic carbocycles. The fraction of sp³-hybridized carbons (Fsp3) is 0.579. The molecule has 1 atom stereocenters. The number of benzene rings is 1. The third-order valence-electron chi connectivity index (χ3n) is 4.39. The zero-order valence-corrected chi connectivity index (χ0v) is 15.2. The predicted octanol–water partition coefficient (Wildman–Crippen LogP) is 3.31. The number of hydrogen-bond donors (Lipinski definition) is 3. The van der Waals surface area contributed by atoms with E-state index in [1.807, 2.05) is 45.9 Å². The summed E-state index contributed by atoms with van der Waals surface area (Å²) in [6.07, 6.45) is 2.60. The van der Waals surface area contributed by atoms with Gasteiger partial charge in [0.1, 0.15) is 0 Å². The minimum absolute atomic E-state index is 0.0318. The van der Waals surface area contributed by atoms with Crippen molar-refractivity contribution < 1.29 is 9.59 Å². The standard InChI is InChI=1S/C19H29N3O2/c1-13-5-7-15(21-18(24)19(2,3)4)11-16(13)22-17(23)8-6-14-9-10-20-12-14/h5,7,11,14,20H,6,8-10,12H2,1-4H3,(H,21,24)(H,22,23). The summed E-state index contributed by atoms with van der Waals surface area (Å²) in [5.74, 6) is 0.593. The molecule has 5 nitrogen and oxygen atoms in total.